The standard InChI is InChI=1S/C14H14FNO4S/c1-20-12-4-2-9(6-10(12)15)3-5-13(17)16-8-21-7-11(16)14(18)19/h2-6,11H,7-8H2,1H3,(H,18,19)/b5-3+/t11-/m0/s1. The average molecular weight is 311 g/mol. The number of amides is 1. The summed E-state index contributed by atoms with van der Waals surface area (Å²) < 4.78 is 18.3. The number of carboxylic acids is 1. The van der Waals surface area contributed by atoms with Crippen molar-refractivity contribution in [2.45, 2.75) is 6.04 Å². The lowest BCUT2D eigenvalue weighted by atomic mass is 10.2. The number of aliphatic carboxylic acids is 1. The molecule has 1 atom stereocenters. The van der Waals surface area contributed by atoms with Crippen LogP contribution in [0.4, 0.5) is 4.39 Å². The molecule has 1 aromatic carbocycles. The van der Waals surface area contributed by atoms with Gasteiger partial charge < -0.3 is 14.7 Å². The van der Waals surface area contributed by atoms with E-state index < -0.39 is 23.7 Å². The van der Waals surface area contributed by atoms with Crippen LogP contribution in [0.3, 0.4) is 0 Å². The van der Waals surface area contributed by atoms with E-state index in [4.69, 9.17) is 9.84 Å². The summed E-state index contributed by atoms with van der Waals surface area (Å²) >= 11 is 1.39. The van der Waals surface area contributed by atoms with Gasteiger partial charge in [-0.25, -0.2) is 9.18 Å². The molecule has 0 aliphatic carbocycles. The van der Waals surface area contributed by atoms with Gasteiger partial charge in [0, 0.05) is 11.8 Å². The van der Waals surface area contributed by atoms with Gasteiger partial charge in [0.25, 0.3) is 0 Å². The second-order valence-corrected chi connectivity index (χ2v) is 5.39. The maximum Gasteiger partial charge on any atom is 0.327 e. The molecule has 1 heterocycles. The second kappa shape index (κ2) is 6.62. The third-order valence-electron chi connectivity index (χ3n) is 3.04. The number of thioether (sulfide) groups is 1. The quantitative estimate of drug-likeness (QED) is 0.859. The summed E-state index contributed by atoms with van der Waals surface area (Å²) in [5.41, 5.74) is 0.500. The van der Waals surface area contributed by atoms with Crippen LogP contribution in [0.5, 0.6) is 5.75 Å². The number of carbonyl (C=O) groups is 2. The van der Waals surface area contributed by atoms with E-state index in [2.05, 4.69) is 0 Å². The van der Waals surface area contributed by atoms with Crippen LogP contribution in [0.25, 0.3) is 6.08 Å². The van der Waals surface area contributed by atoms with Gasteiger partial charge in [-0.3, -0.25) is 4.79 Å². The Balaban J connectivity index is 2.08. The van der Waals surface area contributed by atoms with Gasteiger partial charge in [0.1, 0.15) is 6.04 Å². The summed E-state index contributed by atoms with van der Waals surface area (Å²) in [6, 6.07) is 3.51. The van der Waals surface area contributed by atoms with E-state index in [9.17, 15) is 14.0 Å². The minimum atomic E-state index is -1.02. The van der Waals surface area contributed by atoms with Crippen LogP contribution in [0.2, 0.25) is 0 Å². The van der Waals surface area contributed by atoms with E-state index in [1.54, 1.807) is 6.07 Å². The Labute approximate surface area is 125 Å². The van der Waals surface area contributed by atoms with Crippen molar-refractivity contribution in [1.82, 2.24) is 4.90 Å². The van der Waals surface area contributed by atoms with Gasteiger partial charge >= 0.3 is 5.97 Å². The molecule has 112 valence electrons. The molecular weight excluding hydrogens is 297 g/mol. The summed E-state index contributed by atoms with van der Waals surface area (Å²) in [6.45, 7) is 0. The first kappa shape index (κ1) is 15.4. The number of rotatable bonds is 4. The zero-order chi connectivity index (χ0) is 15.4. The predicted octanol–water partition coefficient (Wildman–Crippen LogP) is 1.83. The fraction of sp³-hybridized carbons (Fsp3) is 0.286. The number of halogens is 1. The fourth-order valence-electron chi connectivity index (χ4n) is 1.91. The molecule has 1 saturated heterocycles. The van der Waals surface area contributed by atoms with E-state index in [0.29, 0.717) is 17.2 Å². The van der Waals surface area contributed by atoms with Crippen LogP contribution in [0.15, 0.2) is 24.3 Å². The van der Waals surface area contributed by atoms with Crippen LogP contribution in [-0.2, 0) is 9.59 Å². The summed E-state index contributed by atoms with van der Waals surface area (Å²) in [4.78, 5) is 24.3. The molecule has 0 bridgehead atoms. The Morgan fingerprint density at radius 3 is 2.90 bits per heavy atom. The molecule has 1 N–H and O–H groups in total. The molecule has 5 nitrogen and oxygen atoms in total. The Hall–Kier alpha value is -2.02. The van der Waals surface area contributed by atoms with Gasteiger partial charge in [-0.05, 0) is 23.8 Å². The van der Waals surface area contributed by atoms with Crippen LogP contribution < -0.4 is 4.74 Å². The molecule has 1 aromatic rings. The van der Waals surface area contributed by atoms with E-state index in [-0.39, 0.29) is 5.75 Å². The van der Waals surface area contributed by atoms with Gasteiger partial charge in [-0.1, -0.05) is 6.07 Å². The van der Waals surface area contributed by atoms with Gasteiger partial charge in [0.05, 0.1) is 13.0 Å². The zero-order valence-corrected chi connectivity index (χ0v) is 12.1. The predicted molar refractivity (Wildman–Crippen MR) is 77.6 cm³/mol. The molecular formula is C14H14FNO4S. The monoisotopic (exact) mass is 311 g/mol. The third kappa shape index (κ3) is 3.55. The van der Waals surface area contributed by atoms with Crippen molar-refractivity contribution in [2.24, 2.45) is 0 Å². The lowest BCUT2D eigenvalue weighted by Gasteiger charge is -2.18. The number of carboxylic acid groups (broad SMARTS) is 1. The maximum absolute atomic E-state index is 13.5. The number of ether oxygens (including phenoxy) is 1. The van der Waals surface area contributed by atoms with Crippen molar-refractivity contribution in [2.75, 3.05) is 18.7 Å². The van der Waals surface area contributed by atoms with Gasteiger partial charge in [0.15, 0.2) is 11.6 Å². The number of benzene rings is 1. The Morgan fingerprint density at radius 2 is 2.29 bits per heavy atom. The van der Waals surface area contributed by atoms with E-state index in [1.165, 1.54) is 48.1 Å². The largest absolute Gasteiger partial charge is 0.494 e. The van der Waals surface area contributed by atoms with E-state index in [0.717, 1.165) is 0 Å². The molecule has 0 unspecified atom stereocenters. The minimum absolute atomic E-state index is 0.125. The highest BCUT2D eigenvalue weighted by Gasteiger charge is 2.33. The SMILES string of the molecule is COc1ccc(/C=C/C(=O)N2CSC[C@H]2C(=O)O)cc1F. The first-order chi connectivity index (χ1) is 10.0. The molecule has 2 rings (SSSR count). The Morgan fingerprint density at radius 1 is 1.52 bits per heavy atom. The van der Waals surface area contributed by atoms with Crippen molar-refractivity contribution in [3.05, 3.63) is 35.7 Å². The van der Waals surface area contributed by atoms with Crippen LogP contribution in [-0.4, -0.2) is 46.7 Å². The van der Waals surface area contributed by atoms with Gasteiger partial charge in [-0.2, -0.15) is 0 Å². The lowest BCUT2D eigenvalue weighted by molar-refractivity contribution is -0.146. The molecule has 7 heteroatoms. The van der Waals surface area contributed by atoms with E-state index >= 15 is 0 Å². The molecule has 0 saturated carbocycles. The Kier molecular flexibility index (Phi) is 4.85. The Bertz CT molecular complexity index is 590. The third-order valence-corrected chi connectivity index (χ3v) is 4.06. The fourth-order valence-corrected chi connectivity index (χ4v) is 3.07. The lowest BCUT2D eigenvalue weighted by Crippen LogP contribution is -2.40. The van der Waals surface area contributed by atoms with Crippen molar-refractivity contribution < 1.29 is 23.8 Å². The molecule has 0 radical (unpaired) electrons. The molecule has 21 heavy (non-hydrogen) atoms. The van der Waals surface area contributed by atoms with Crippen molar-refractivity contribution in [1.29, 1.82) is 0 Å². The van der Waals surface area contributed by atoms with Gasteiger partial charge in [0.2, 0.25) is 5.91 Å². The van der Waals surface area contributed by atoms with Crippen molar-refractivity contribution in [3.8, 4) is 5.75 Å². The molecule has 1 aliphatic heterocycles. The van der Waals surface area contributed by atoms with Crippen LogP contribution >= 0.6 is 11.8 Å². The molecule has 1 amide bonds. The highest BCUT2D eigenvalue weighted by Crippen LogP contribution is 2.22. The summed E-state index contributed by atoms with van der Waals surface area (Å²) in [5.74, 6) is -1.09. The minimum Gasteiger partial charge on any atom is -0.494 e. The summed E-state index contributed by atoms with van der Waals surface area (Å²) in [6.07, 6.45) is 2.70. The summed E-state index contributed by atoms with van der Waals surface area (Å²) in [5, 5.41) is 9.02. The topological polar surface area (TPSA) is 66.8 Å². The van der Waals surface area contributed by atoms with Crippen molar-refractivity contribution in [3.63, 3.8) is 0 Å². The number of hydrogen-bond acceptors (Lipinski definition) is 4. The van der Waals surface area contributed by atoms with E-state index in [1.807, 2.05) is 0 Å². The van der Waals surface area contributed by atoms with Gasteiger partial charge in [-0.15, -0.1) is 11.8 Å². The van der Waals surface area contributed by atoms with Crippen LogP contribution in [0.1, 0.15) is 5.56 Å². The molecule has 0 spiro atoms. The highest BCUT2D eigenvalue weighted by atomic mass is 32.2. The van der Waals surface area contributed by atoms with Crippen molar-refractivity contribution >= 4 is 29.7 Å². The normalized spacial score (nSPS) is 18.2. The molecule has 1 fully saturated rings. The maximum atomic E-state index is 13.5. The number of carbonyl (C=O) groups excluding carboxylic acids is 1. The molecule has 1 aliphatic rings. The number of nitrogens with zero attached hydrogens (tertiary/aromatic N) is 1. The average Bonchev–Trinajstić information content (AvgIpc) is 2.94. The van der Waals surface area contributed by atoms with Crippen LogP contribution in [0, 0.1) is 5.82 Å². The summed E-state index contributed by atoms with van der Waals surface area (Å²) in [7, 11) is 1.37. The zero-order valence-electron chi connectivity index (χ0n) is 11.3. The number of methoxy groups -OCH3 is 1. The number of hydrogen-bond donors (Lipinski definition) is 1. The highest BCUT2D eigenvalue weighted by molar-refractivity contribution is 7.99. The first-order valence-electron chi connectivity index (χ1n) is 6.15. The first-order valence-corrected chi connectivity index (χ1v) is 7.31. The second-order valence-electron chi connectivity index (χ2n) is 4.39. The molecule has 0 aromatic heterocycles. The smallest absolute Gasteiger partial charge is 0.327 e.